The van der Waals surface area contributed by atoms with E-state index in [1.165, 1.54) is 0 Å². The summed E-state index contributed by atoms with van der Waals surface area (Å²) in [6.07, 6.45) is 1.62. The predicted molar refractivity (Wildman–Crippen MR) is 44.6 cm³/mol. The third-order valence-corrected chi connectivity index (χ3v) is 2.49. The molecular weight excluding hydrogens is 152 g/mol. The summed E-state index contributed by atoms with van der Waals surface area (Å²) in [6.45, 7) is 0.189. The molecule has 1 aliphatic carbocycles. The second-order valence-corrected chi connectivity index (χ2v) is 3.35. The molecule has 0 spiro atoms. The Hall–Kier alpha value is -1.02. The summed E-state index contributed by atoms with van der Waals surface area (Å²) in [5.74, 6) is 0.401. The van der Waals surface area contributed by atoms with Crippen molar-refractivity contribution >= 4 is 0 Å². The van der Waals surface area contributed by atoms with Gasteiger partial charge in [-0.2, -0.15) is 0 Å². The molecule has 0 aromatic heterocycles. The van der Waals surface area contributed by atoms with E-state index >= 15 is 0 Å². The summed E-state index contributed by atoms with van der Waals surface area (Å²) in [5, 5.41) is 20.2. The first-order chi connectivity index (χ1) is 5.81. The van der Waals surface area contributed by atoms with Gasteiger partial charge < -0.3 is 5.11 Å². The molecule has 1 radical (unpaired) electrons. The Kier molecular flexibility index (Phi) is 1.77. The highest BCUT2D eigenvalue weighted by molar-refractivity contribution is 5.42. The van der Waals surface area contributed by atoms with Crippen LogP contribution in [0.5, 0.6) is 5.75 Å². The summed E-state index contributed by atoms with van der Waals surface area (Å²) < 4.78 is 0. The molecule has 1 aromatic rings. The van der Waals surface area contributed by atoms with E-state index in [-0.39, 0.29) is 18.3 Å². The van der Waals surface area contributed by atoms with Gasteiger partial charge in [-0.3, -0.25) is 5.11 Å². The van der Waals surface area contributed by atoms with Gasteiger partial charge in [-0.1, -0.05) is 12.1 Å². The molecule has 0 heterocycles. The van der Waals surface area contributed by atoms with Crippen LogP contribution in [0.3, 0.4) is 0 Å². The average Bonchev–Trinajstić information content (AvgIpc) is 2.49. The number of aliphatic hydroxyl groups is 1. The summed E-state index contributed by atoms with van der Waals surface area (Å²) in [6, 6.07) is 5.37. The highest BCUT2D eigenvalue weighted by Crippen LogP contribution is 2.32. The van der Waals surface area contributed by atoms with Gasteiger partial charge in [0, 0.05) is 12.2 Å². The number of benzene rings is 1. The molecule has 2 rings (SSSR count). The van der Waals surface area contributed by atoms with Crippen molar-refractivity contribution < 1.29 is 10.2 Å². The van der Waals surface area contributed by atoms with Crippen molar-refractivity contribution in [2.75, 3.05) is 6.61 Å². The van der Waals surface area contributed by atoms with E-state index in [0.29, 0.717) is 0 Å². The molecule has 63 valence electrons. The van der Waals surface area contributed by atoms with Crippen molar-refractivity contribution in [1.29, 1.82) is 0 Å². The van der Waals surface area contributed by atoms with Crippen LogP contribution in [0, 0.1) is 5.92 Å². The number of hydrogen-bond acceptors (Lipinski definition) is 1. The molecule has 1 unspecified atom stereocenters. The van der Waals surface area contributed by atoms with Crippen LogP contribution in [-0.4, -0.2) is 11.7 Å². The quantitative estimate of drug-likeness (QED) is 0.670. The number of fused-ring (bicyclic) bond motifs is 1. The van der Waals surface area contributed by atoms with Crippen molar-refractivity contribution in [1.82, 2.24) is 0 Å². The molecule has 0 aliphatic heterocycles. The monoisotopic (exact) mass is 163 g/mol. The number of hydrogen-bond donors (Lipinski definition) is 1. The second-order valence-electron chi connectivity index (χ2n) is 3.35. The zero-order valence-corrected chi connectivity index (χ0v) is 6.79. The van der Waals surface area contributed by atoms with Crippen molar-refractivity contribution in [3.05, 3.63) is 29.3 Å². The Bertz CT molecular complexity index is 294. The molecule has 1 aliphatic rings. The summed E-state index contributed by atoms with van der Waals surface area (Å²) in [7, 11) is 0. The lowest BCUT2D eigenvalue weighted by Crippen LogP contribution is -2.04. The standard InChI is InChI=1S/C10H11O2/c11-6-7-4-8-2-1-3-10(12)9(8)5-7/h1-3,7,11H,4-6H2. The van der Waals surface area contributed by atoms with Gasteiger partial charge in [0.2, 0.25) is 0 Å². The van der Waals surface area contributed by atoms with Gasteiger partial charge in [-0.05, 0) is 30.4 Å². The van der Waals surface area contributed by atoms with Crippen LogP contribution in [0.2, 0.25) is 0 Å². The molecule has 0 saturated heterocycles. The van der Waals surface area contributed by atoms with Crippen LogP contribution in [0.1, 0.15) is 11.1 Å². The minimum Gasteiger partial charge on any atom is -0.396 e. The fourth-order valence-corrected chi connectivity index (χ4v) is 1.83. The van der Waals surface area contributed by atoms with Crippen LogP contribution < -0.4 is 0 Å². The minimum atomic E-state index is 0.128. The van der Waals surface area contributed by atoms with Gasteiger partial charge in [0.05, 0.1) is 0 Å². The van der Waals surface area contributed by atoms with Gasteiger partial charge in [-0.15, -0.1) is 0 Å². The molecule has 0 bridgehead atoms. The van der Waals surface area contributed by atoms with E-state index in [0.717, 1.165) is 24.0 Å². The van der Waals surface area contributed by atoms with Crippen LogP contribution in [0.15, 0.2) is 18.2 Å². The smallest absolute Gasteiger partial charge is 0.182 e. The van der Waals surface area contributed by atoms with Gasteiger partial charge in [-0.25, -0.2) is 0 Å². The zero-order chi connectivity index (χ0) is 8.55. The largest absolute Gasteiger partial charge is 0.396 e. The van der Waals surface area contributed by atoms with E-state index in [9.17, 15) is 5.11 Å². The molecule has 0 fully saturated rings. The topological polar surface area (TPSA) is 40.1 Å². The maximum Gasteiger partial charge on any atom is 0.182 e. The third kappa shape index (κ3) is 1.08. The maximum atomic E-state index is 11.3. The van der Waals surface area contributed by atoms with Crippen LogP contribution in [0.4, 0.5) is 0 Å². The Labute approximate surface area is 71.5 Å². The van der Waals surface area contributed by atoms with Gasteiger partial charge in [0.15, 0.2) is 5.75 Å². The number of rotatable bonds is 1. The van der Waals surface area contributed by atoms with Crippen LogP contribution in [-0.2, 0) is 17.9 Å². The van der Waals surface area contributed by atoms with Crippen molar-refractivity contribution in [3.8, 4) is 5.75 Å². The average molecular weight is 163 g/mol. The third-order valence-electron chi connectivity index (χ3n) is 2.49. The SMILES string of the molecule is [O]c1cccc2c1CC(CO)C2. The molecule has 12 heavy (non-hydrogen) atoms. The second kappa shape index (κ2) is 2.79. The Morgan fingerprint density at radius 3 is 2.92 bits per heavy atom. The fourth-order valence-electron chi connectivity index (χ4n) is 1.83. The summed E-state index contributed by atoms with van der Waals surface area (Å²) in [4.78, 5) is 0. The van der Waals surface area contributed by atoms with Crippen LogP contribution in [0.25, 0.3) is 0 Å². The number of aliphatic hydroxyl groups excluding tert-OH is 1. The molecule has 1 N–H and O–H groups in total. The highest BCUT2D eigenvalue weighted by Gasteiger charge is 2.23. The van der Waals surface area contributed by atoms with Crippen molar-refractivity contribution in [3.63, 3.8) is 0 Å². The highest BCUT2D eigenvalue weighted by atomic mass is 16.3. The molecule has 2 heteroatoms. The van der Waals surface area contributed by atoms with Crippen LogP contribution >= 0.6 is 0 Å². The molecule has 1 atom stereocenters. The van der Waals surface area contributed by atoms with E-state index in [2.05, 4.69) is 0 Å². The normalized spacial score (nSPS) is 20.9. The molecule has 0 saturated carbocycles. The minimum absolute atomic E-state index is 0.128. The fraction of sp³-hybridized carbons (Fsp3) is 0.400. The molecule has 2 nitrogen and oxygen atoms in total. The Balaban J connectivity index is 2.35. The van der Waals surface area contributed by atoms with Gasteiger partial charge in [0.25, 0.3) is 0 Å². The summed E-state index contributed by atoms with van der Waals surface area (Å²) >= 11 is 0. The molecule has 1 aromatic carbocycles. The van der Waals surface area contributed by atoms with Crippen molar-refractivity contribution in [2.45, 2.75) is 12.8 Å². The summed E-state index contributed by atoms with van der Waals surface area (Å²) in [5.41, 5.74) is 2.04. The lowest BCUT2D eigenvalue weighted by Gasteiger charge is -2.00. The molecule has 0 amide bonds. The lowest BCUT2D eigenvalue weighted by molar-refractivity contribution is 0.231. The first kappa shape index (κ1) is 7.62. The predicted octanol–water partition coefficient (Wildman–Crippen LogP) is 1.54. The first-order valence-corrected chi connectivity index (χ1v) is 4.20. The molecular formula is C10H11O2. The Morgan fingerprint density at radius 2 is 2.25 bits per heavy atom. The van der Waals surface area contributed by atoms with Gasteiger partial charge >= 0.3 is 0 Å². The van der Waals surface area contributed by atoms with E-state index in [1.54, 1.807) is 12.1 Å². The maximum absolute atomic E-state index is 11.3. The van der Waals surface area contributed by atoms with E-state index in [1.807, 2.05) is 6.07 Å². The zero-order valence-electron chi connectivity index (χ0n) is 6.79. The van der Waals surface area contributed by atoms with E-state index < -0.39 is 0 Å². The lowest BCUT2D eigenvalue weighted by atomic mass is 10.1. The van der Waals surface area contributed by atoms with E-state index in [4.69, 9.17) is 5.11 Å². The van der Waals surface area contributed by atoms with Gasteiger partial charge in [0.1, 0.15) is 0 Å². The first-order valence-electron chi connectivity index (χ1n) is 4.20. The van der Waals surface area contributed by atoms with Crippen molar-refractivity contribution in [2.24, 2.45) is 5.92 Å². The Morgan fingerprint density at radius 1 is 1.42 bits per heavy atom.